The zero-order chi connectivity index (χ0) is 9.64. The minimum absolute atomic E-state index is 0.374. The van der Waals surface area contributed by atoms with Crippen LogP contribution in [0.25, 0.3) is 0 Å². The van der Waals surface area contributed by atoms with Gasteiger partial charge >= 0.3 is 0 Å². The average molecular weight is 199 g/mol. The van der Waals surface area contributed by atoms with E-state index in [0.717, 1.165) is 32.3 Å². The maximum absolute atomic E-state index is 5.53. The van der Waals surface area contributed by atoms with Crippen LogP contribution < -0.4 is 5.32 Å². The summed E-state index contributed by atoms with van der Waals surface area (Å²) in [6, 6.07) is 0. The highest BCUT2D eigenvalue weighted by molar-refractivity contribution is 4.74. The minimum Gasteiger partial charge on any atom is -0.377 e. The third kappa shape index (κ3) is 3.95. The highest BCUT2D eigenvalue weighted by Gasteiger charge is 2.20. The van der Waals surface area contributed by atoms with Crippen molar-refractivity contribution in [3.8, 4) is 0 Å². The van der Waals surface area contributed by atoms with Gasteiger partial charge in [-0.15, -0.1) is 0 Å². The van der Waals surface area contributed by atoms with E-state index in [1.165, 1.54) is 32.2 Å². The second-order valence-corrected chi connectivity index (χ2v) is 4.36. The molecule has 0 bridgehead atoms. The molecule has 3 nitrogen and oxygen atoms in total. The third-order valence-corrected chi connectivity index (χ3v) is 2.88. The average Bonchev–Trinajstić information content (AvgIpc) is 2.87. The molecule has 82 valence electrons. The van der Waals surface area contributed by atoms with E-state index in [1.54, 1.807) is 0 Å². The van der Waals surface area contributed by atoms with E-state index in [9.17, 15) is 0 Å². The summed E-state index contributed by atoms with van der Waals surface area (Å²) >= 11 is 0. The van der Waals surface area contributed by atoms with Crippen LogP contribution in [0.1, 0.15) is 25.7 Å². The molecule has 0 aromatic rings. The van der Waals surface area contributed by atoms with Gasteiger partial charge in [-0.3, -0.25) is 0 Å². The monoisotopic (exact) mass is 199 g/mol. The summed E-state index contributed by atoms with van der Waals surface area (Å²) in [7, 11) is 0. The van der Waals surface area contributed by atoms with Crippen LogP contribution in [0.2, 0.25) is 0 Å². The molecule has 0 aromatic carbocycles. The van der Waals surface area contributed by atoms with Gasteiger partial charge in [-0.25, -0.2) is 0 Å². The molecule has 3 heteroatoms. The number of hydrogen-bond donors (Lipinski definition) is 1. The van der Waals surface area contributed by atoms with Crippen LogP contribution in [-0.4, -0.2) is 39.0 Å². The van der Waals surface area contributed by atoms with E-state index in [2.05, 4.69) is 5.32 Å². The van der Waals surface area contributed by atoms with Gasteiger partial charge in [-0.2, -0.15) is 0 Å². The predicted octanol–water partition coefficient (Wildman–Crippen LogP) is 1.18. The fraction of sp³-hybridized carbons (Fsp3) is 1.00. The van der Waals surface area contributed by atoms with Crippen molar-refractivity contribution < 1.29 is 9.47 Å². The van der Waals surface area contributed by atoms with Gasteiger partial charge in [0.2, 0.25) is 0 Å². The molecule has 2 rings (SSSR count). The Morgan fingerprint density at radius 2 is 2.21 bits per heavy atom. The summed E-state index contributed by atoms with van der Waals surface area (Å²) in [5.41, 5.74) is 0. The van der Waals surface area contributed by atoms with Gasteiger partial charge in [-0.05, 0) is 38.1 Å². The molecule has 14 heavy (non-hydrogen) atoms. The molecule has 1 aliphatic carbocycles. The first-order valence-corrected chi connectivity index (χ1v) is 5.85. The molecule has 2 aliphatic rings. The summed E-state index contributed by atoms with van der Waals surface area (Å²) in [5.74, 6) is 0.966. The lowest BCUT2D eigenvalue weighted by Gasteiger charge is -2.10. The Kier molecular flexibility index (Phi) is 4.22. The van der Waals surface area contributed by atoms with Crippen LogP contribution in [0.3, 0.4) is 0 Å². The highest BCUT2D eigenvalue weighted by atomic mass is 16.5. The topological polar surface area (TPSA) is 30.5 Å². The van der Waals surface area contributed by atoms with Gasteiger partial charge in [0.15, 0.2) is 0 Å². The molecular formula is C11H21NO2. The Morgan fingerprint density at radius 3 is 2.93 bits per heavy atom. The maximum Gasteiger partial charge on any atom is 0.0809 e. The molecule has 1 saturated heterocycles. The first kappa shape index (κ1) is 10.4. The normalized spacial score (nSPS) is 27.0. The van der Waals surface area contributed by atoms with Crippen LogP contribution in [0.4, 0.5) is 0 Å². The summed E-state index contributed by atoms with van der Waals surface area (Å²) in [5, 5.41) is 3.41. The molecule has 2 fully saturated rings. The quantitative estimate of drug-likeness (QED) is 0.625. The summed E-state index contributed by atoms with van der Waals surface area (Å²) in [6.45, 7) is 4.71. The van der Waals surface area contributed by atoms with E-state index in [-0.39, 0.29) is 0 Å². The number of nitrogens with one attached hydrogen (secondary N) is 1. The van der Waals surface area contributed by atoms with Crippen LogP contribution >= 0.6 is 0 Å². The standard InChI is InChI=1S/C11H21NO2/c1-2-11(14-6-1)9-13-7-5-12-8-10-3-4-10/h10-12H,1-9H2. The first-order chi connectivity index (χ1) is 6.95. The molecule has 1 heterocycles. The second-order valence-electron chi connectivity index (χ2n) is 4.36. The molecule has 1 unspecified atom stereocenters. The number of ether oxygens (including phenoxy) is 2. The van der Waals surface area contributed by atoms with E-state index in [0.29, 0.717) is 6.10 Å². The Bertz CT molecular complexity index is 153. The van der Waals surface area contributed by atoms with Crippen molar-refractivity contribution in [3.63, 3.8) is 0 Å². The van der Waals surface area contributed by atoms with Crippen molar-refractivity contribution in [2.24, 2.45) is 5.92 Å². The van der Waals surface area contributed by atoms with Crippen molar-refractivity contribution >= 4 is 0 Å². The summed E-state index contributed by atoms with van der Waals surface area (Å²) < 4.78 is 11.0. The van der Waals surface area contributed by atoms with E-state index < -0.39 is 0 Å². The Labute approximate surface area is 86.2 Å². The molecule has 1 aliphatic heterocycles. The molecule has 0 aromatic heterocycles. The predicted molar refractivity (Wildman–Crippen MR) is 55.4 cm³/mol. The smallest absolute Gasteiger partial charge is 0.0809 e. The Hall–Kier alpha value is -0.120. The van der Waals surface area contributed by atoms with E-state index in [1.807, 2.05) is 0 Å². The van der Waals surface area contributed by atoms with E-state index in [4.69, 9.17) is 9.47 Å². The fourth-order valence-corrected chi connectivity index (χ4v) is 1.76. The van der Waals surface area contributed by atoms with Gasteiger partial charge in [-0.1, -0.05) is 0 Å². The molecule has 0 radical (unpaired) electrons. The Morgan fingerprint density at radius 1 is 1.29 bits per heavy atom. The zero-order valence-corrected chi connectivity index (χ0v) is 8.84. The van der Waals surface area contributed by atoms with Crippen molar-refractivity contribution in [2.75, 3.05) is 32.9 Å². The third-order valence-electron chi connectivity index (χ3n) is 2.88. The minimum atomic E-state index is 0.374. The SMILES string of the molecule is C1COC(COCCNCC2CC2)C1. The van der Waals surface area contributed by atoms with Crippen LogP contribution in [0.5, 0.6) is 0 Å². The molecule has 0 amide bonds. The van der Waals surface area contributed by atoms with Gasteiger partial charge in [0, 0.05) is 13.2 Å². The fourth-order valence-electron chi connectivity index (χ4n) is 1.76. The van der Waals surface area contributed by atoms with Gasteiger partial charge in [0.05, 0.1) is 19.3 Å². The lowest BCUT2D eigenvalue weighted by molar-refractivity contribution is 0.0183. The van der Waals surface area contributed by atoms with Crippen molar-refractivity contribution in [1.82, 2.24) is 5.32 Å². The highest BCUT2D eigenvalue weighted by Crippen LogP contribution is 2.27. The van der Waals surface area contributed by atoms with Crippen molar-refractivity contribution in [3.05, 3.63) is 0 Å². The van der Waals surface area contributed by atoms with Crippen LogP contribution in [0, 0.1) is 5.92 Å². The molecule has 1 saturated carbocycles. The largest absolute Gasteiger partial charge is 0.377 e. The van der Waals surface area contributed by atoms with Gasteiger partial charge < -0.3 is 14.8 Å². The van der Waals surface area contributed by atoms with Crippen LogP contribution in [0.15, 0.2) is 0 Å². The zero-order valence-electron chi connectivity index (χ0n) is 8.84. The molecular weight excluding hydrogens is 178 g/mol. The van der Waals surface area contributed by atoms with Crippen LogP contribution in [-0.2, 0) is 9.47 Å². The summed E-state index contributed by atoms with van der Waals surface area (Å²) in [4.78, 5) is 0. The summed E-state index contributed by atoms with van der Waals surface area (Å²) in [6.07, 6.45) is 5.59. The second kappa shape index (κ2) is 5.69. The maximum atomic E-state index is 5.53. The number of rotatable bonds is 7. The lowest BCUT2D eigenvalue weighted by Crippen LogP contribution is -2.24. The van der Waals surface area contributed by atoms with Crippen molar-refractivity contribution in [2.45, 2.75) is 31.8 Å². The number of hydrogen-bond acceptors (Lipinski definition) is 3. The van der Waals surface area contributed by atoms with Gasteiger partial charge in [0.25, 0.3) is 0 Å². The Balaban J connectivity index is 1.35. The lowest BCUT2D eigenvalue weighted by atomic mass is 10.2. The molecule has 1 N–H and O–H groups in total. The van der Waals surface area contributed by atoms with Crippen molar-refractivity contribution in [1.29, 1.82) is 0 Å². The molecule has 0 spiro atoms. The molecule has 1 atom stereocenters. The van der Waals surface area contributed by atoms with E-state index >= 15 is 0 Å². The van der Waals surface area contributed by atoms with Gasteiger partial charge in [0.1, 0.15) is 0 Å². The first-order valence-electron chi connectivity index (χ1n) is 5.85.